The van der Waals surface area contributed by atoms with Crippen molar-refractivity contribution in [1.29, 1.82) is 0 Å². The van der Waals surface area contributed by atoms with E-state index in [2.05, 4.69) is 33.9 Å². The molecule has 0 aliphatic carbocycles. The van der Waals surface area contributed by atoms with Crippen molar-refractivity contribution >= 4 is 11.6 Å². The summed E-state index contributed by atoms with van der Waals surface area (Å²) in [5.41, 5.74) is 1.82. The Morgan fingerprint density at radius 2 is 1.79 bits per heavy atom. The number of anilines is 2. The van der Waals surface area contributed by atoms with Gasteiger partial charge >= 0.3 is 0 Å². The molecule has 0 saturated carbocycles. The van der Waals surface area contributed by atoms with Gasteiger partial charge in [0.1, 0.15) is 0 Å². The number of aliphatic hydroxyl groups excluding tert-OH is 1. The fourth-order valence-corrected chi connectivity index (χ4v) is 1.84. The van der Waals surface area contributed by atoms with Gasteiger partial charge in [0.15, 0.2) is 0 Å². The van der Waals surface area contributed by atoms with Gasteiger partial charge in [-0.2, -0.15) is 0 Å². The van der Waals surface area contributed by atoms with Gasteiger partial charge in [0.05, 0.1) is 6.61 Å². The molecule has 19 heavy (non-hydrogen) atoms. The largest absolute Gasteiger partial charge is 0.392 e. The molecule has 0 aliphatic heterocycles. The van der Waals surface area contributed by atoms with Crippen LogP contribution in [-0.4, -0.2) is 21.6 Å². The van der Waals surface area contributed by atoms with Crippen LogP contribution in [0.5, 0.6) is 0 Å². The number of rotatable bonds is 6. The van der Waals surface area contributed by atoms with Crippen LogP contribution in [0.4, 0.5) is 11.6 Å². The Morgan fingerprint density at radius 1 is 1.11 bits per heavy atom. The molecule has 0 amide bonds. The minimum Gasteiger partial charge on any atom is -0.392 e. The highest BCUT2D eigenvalue weighted by atomic mass is 16.3. The van der Waals surface area contributed by atoms with E-state index >= 15 is 0 Å². The topological polar surface area (TPSA) is 49.2 Å². The summed E-state index contributed by atoms with van der Waals surface area (Å²) in [6.45, 7) is 3.03. The molecule has 4 nitrogen and oxygen atoms in total. The van der Waals surface area contributed by atoms with Crippen LogP contribution in [-0.2, 0) is 6.61 Å². The summed E-state index contributed by atoms with van der Waals surface area (Å²) < 4.78 is 0. The van der Waals surface area contributed by atoms with Crippen molar-refractivity contribution in [3.63, 3.8) is 0 Å². The Labute approximate surface area is 113 Å². The van der Waals surface area contributed by atoms with E-state index in [-0.39, 0.29) is 6.61 Å². The molecule has 0 radical (unpaired) electrons. The van der Waals surface area contributed by atoms with Crippen LogP contribution in [0.3, 0.4) is 0 Å². The van der Waals surface area contributed by atoms with Crippen molar-refractivity contribution in [2.45, 2.75) is 26.4 Å². The fraction of sp³-hybridized carbons (Fsp3) is 0.333. The van der Waals surface area contributed by atoms with Crippen molar-refractivity contribution in [2.24, 2.45) is 0 Å². The Balaban J connectivity index is 2.26. The van der Waals surface area contributed by atoms with Gasteiger partial charge in [0.25, 0.3) is 0 Å². The lowest BCUT2D eigenvalue weighted by Gasteiger charge is -2.22. The molecule has 2 aromatic rings. The van der Waals surface area contributed by atoms with Gasteiger partial charge in [-0.05, 0) is 18.6 Å². The van der Waals surface area contributed by atoms with E-state index in [1.807, 2.05) is 18.2 Å². The number of hydrogen-bond donors (Lipinski definition) is 1. The summed E-state index contributed by atoms with van der Waals surface area (Å²) in [6.07, 6.45) is 5.55. The van der Waals surface area contributed by atoms with E-state index in [0.29, 0.717) is 5.95 Å². The zero-order valence-corrected chi connectivity index (χ0v) is 11.2. The molecule has 0 aliphatic rings. The number of unbranched alkanes of at least 4 members (excludes halogenated alkanes) is 1. The number of aliphatic hydroxyl groups is 1. The molecule has 0 bridgehead atoms. The van der Waals surface area contributed by atoms with Gasteiger partial charge in [0.2, 0.25) is 5.95 Å². The van der Waals surface area contributed by atoms with Crippen LogP contribution in [0.15, 0.2) is 42.7 Å². The summed E-state index contributed by atoms with van der Waals surface area (Å²) >= 11 is 0. The molecular formula is C15H19N3O. The zero-order valence-electron chi connectivity index (χ0n) is 11.2. The lowest BCUT2D eigenvalue weighted by molar-refractivity contribution is 0.281. The van der Waals surface area contributed by atoms with E-state index < -0.39 is 0 Å². The molecule has 2 rings (SSSR count). The molecule has 0 atom stereocenters. The van der Waals surface area contributed by atoms with E-state index in [4.69, 9.17) is 5.11 Å². The summed E-state index contributed by atoms with van der Waals surface area (Å²) in [7, 11) is 0. The number of hydrogen-bond acceptors (Lipinski definition) is 4. The van der Waals surface area contributed by atoms with Crippen molar-refractivity contribution in [3.8, 4) is 0 Å². The average Bonchev–Trinajstić information content (AvgIpc) is 2.49. The van der Waals surface area contributed by atoms with Gasteiger partial charge in [-0.3, -0.25) is 0 Å². The highest BCUT2D eigenvalue weighted by molar-refractivity contribution is 5.56. The van der Waals surface area contributed by atoms with Crippen molar-refractivity contribution in [1.82, 2.24) is 9.97 Å². The van der Waals surface area contributed by atoms with Crippen molar-refractivity contribution < 1.29 is 5.11 Å². The van der Waals surface area contributed by atoms with E-state index in [9.17, 15) is 0 Å². The maximum atomic E-state index is 9.03. The second-order valence-corrected chi connectivity index (χ2v) is 4.39. The lowest BCUT2D eigenvalue weighted by atomic mass is 10.2. The molecule has 1 aromatic heterocycles. The first-order valence-electron chi connectivity index (χ1n) is 6.59. The van der Waals surface area contributed by atoms with Gasteiger partial charge in [-0.25, -0.2) is 9.97 Å². The summed E-state index contributed by atoms with van der Waals surface area (Å²) in [6, 6.07) is 10.1. The van der Waals surface area contributed by atoms with Crippen LogP contribution in [0, 0.1) is 0 Å². The van der Waals surface area contributed by atoms with Gasteiger partial charge in [-0.15, -0.1) is 0 Å². The summed E-state index contributed by atoms with van der Waals surface area (Å²) in [5, 5.41) is 9.03. The Bertz CT molecular complexity index is 485. The maximum Gasteiger partial charge on any atom is 0.229 e. The first-order valence-corrected chi connectivity index (χ1v) is 6.59. The molecule has 0 spiro atoms. The number of aromatic nitrogens is 2. The van der Waals surface area contributed by atoms with Gasteiger partial charge in [0, 0.05) is 30.2 Å². The summed E-state index contributed by atoms with van der Waals surface area (Å²) in [4.78, 5) is 10.8. The van der Waals surface area contributed by atoms with Gasteiger partial charge in [-0.1, -0.05) is 31.5 Å². The van der Waals surface area contributed by atoms with E-state index in [0.717, 1.165) is 30.6 Å². The number of benzene rings is 1. The normalized spacial score (nSPS) is 10.4. The minimum atomic E-state index is -0.0272. The second-order valence-electron chi connectivity index (χ2n) is 4.39. The third-order valence-electron chi connectivity index (χ3n) is 2.92. The molecule has 0 saturated heterocycles. The Hall–Kier alpha value is -1.94. The van der Waals surface area contributed by atoms with E-state index in [1.54, 1.807) is 12.4 Å². The highest BCUT2D eigenvalue weighted by Crippen LogP contribution is 2.21. The smallest absolute Gasteiger partial charge is 0.229 e. The van der Waals surface area contributed by atoms with Crippen molar-refractivity contribution in [3.05, 3.63) is 48.3 Å². The molecule has 0 fully saturated rings. The van der Waals surface area contributed by atoms with Crippen LogP contribution in [0.25, 0.3) is 0 Å². The van der Waals surface area contributed by atoms with Crippen LogP contribution >= 0.6 is 0 Å². The quantitative estimate of drug-likeness (QED) is 0.864. The molecule has 4 heteroatoms. The predicted molar refractivity (Wildman–Crippen MR) is 76.3 cm³/mol. The SMILES string of the molecule is CCCCN(c1ccccc1)c1ncc(CO)cn1. The van der Waals surface area contributed by atoms with Crippen LogP contribution in [0.1, 0.15) is 25.3 Å². The Kier molecular flexibility index (Phi) is 4.86. The van der Waals surface area contributed by atoms with Crippen LogP contribution < -0.4 is 4.90 Å². The molecule has 1 aromatic carbocycles. The number of para-hydroxylation sites is 1. The van der Waals surface area contributed by atoms with Crippen LogP contribution in [0.2, 0.25) is 0 Å². The molecular weight excluding hydrogens is 238 g/mol. The third-order valence-corrected chi connectivity index (χ3v) is 2.92. The first kappa shape index (κ1) is 13.5. The van der Waals surface area contributed by atoms with E-state index in [1.165, 1.54) is 0 Å². The zero-order chi connectivity index (χ0) is 13.5. The molecule has 0 unspecified atom stereocenters. The number of nitrogens with zero attached hydrogens (tertiary/aromatic N) is 3. The van der Waals surface area contributed by atoms with Crippen molar-refractivity contribution in [2.75, 3.05) is 11.4 Å². The predicted octanol–water partition coefficient (Wildman–Crippen LogP) is 2.91. The summed E-state index contributed by atoms with van der Waals surface area (Å²) in [5.74, 6) is 0.678. The second kappa shape index (κ2) is 6.85. The average molecular weight is 257 g/mol. The monoisotopic (exact) mass is 257 g/mol. The third kappa shape index (κ3) is 3.51. The molecule has 1 N–H and O–H groups in total. The fourth-order valence-electron chi connectivity index (χ4n) is 1.84. The van der Waals surface area contributed by atoms with Gasteiger partial charge < -0.3 is 10.0 Å². The lowest BCUT2D eigenvalue weighted by Crippen LogP contribution is -2.20. The standard InChI is InChI=1S/C15H19N3O/c1-2-3-9-18(14-7-5-4-6-8-14)15-16-10-13(12-19)11-17-15/h4-8,10-11,19H,2-3,9,12H2,1H3. The highest BCUT2D eigenvalue weighted by Gasteiger charge is 2.11. The minimum absolute atomic E-state index is 0.0272. The molecule has 1 heterocycles. The Morgan fingerprint density at radius 3 is 2.37 bits per heavy atom. The molecule has 100 valence electrons. The maximum absolute atomic E-state index is 9.03. The first-order chi connectivity index (χ1) is 9.35.